The molecule has 0 unspecified atom stereocenters. The lowest BCUT2D eigenvalue weighted by molar-refractivity contribution is 0.112. The maximum absolute atomic E-state index is 11.1. The van der Waals surface area contributed by atoms with E-state index in [2.05, 4.69) is 4.98 Å². The first kappa shape index (κ1) is 13.6. The molecular formula is C12H5Cl4NO. The van der Waals surface area contributed by atoms with Gasteiger partial charge in [0, 0.05) is 23.5 Å². The summed E-state index contributed by atoms with van der Waals surface area (Å²) in [6.45, 7) is 0. The monoisotopic (exact) mass is 319 g/mol. The van der Waals surface area contributed by atoms with Gasteiger partial charge in [-0.2, -0.15) is 0 Å². The third-order valence-corrected chi connectivity index (χ3v) is 3.85. The van der Waals surface area contributed by atoms with Gasteiger partial charge >= 0.3 is 0 Å². The van der Waals surface area contributed by atoms with Crippen LogP contribution in [0.15, 0.2) is 24.5 Å². The van der Waals surface area contributed by atoms with Crippen LogP contribution in [0, 0.1) is 0 Å². The van der Waals surface area contributed by atoms with Gasteiger partial charge in [0.25, 0.3) is 0 Å². The van der Waals surface area contributed by atoms with E-state index in [1.54, 1.807) is 12.1 Å². The lowest BCUT2D eigenvalue weighted by Crippen LogP contribution is -1.91. The summed E-state index contributed by atoms with van der Waals surface area (Å²) in [5, 5.41) is 1.14. The SMILES string of the molecule is O=Cc1c(Cl)cncc1-c1cc(Cl)c(Cl)c(Cl)c1. The molecule has 0 N–H and O–H groups in total. The highest BCUT2D eigenvalue weighted by atomic mass is 35.5. The fourth-order valence-electron chi connectivity index (χ4n) is 1.51. The molecule has 1 aromatic heterocycles. The Morgan fingerprint density at radius 2 is 1.56 bits per heavy atom. The van der Waals surface area contributed by atoms with Crippen molar-refractivity contribution < 1.29 is 4.79 Å². The molecule has 2 nitrogen and oxygen atoms in total. The zero-order chi connectivity index (χ0) is 13.3. The van der Waals surface area contributed by atoms with E-state index in [0.29, 0.717) is 33.0 Å². The van der Waals surface area contributed by atoms with Crippen molar-refractivity contribution in [3.05, 3.63) is 50.2 Å². The van der Waals surface area contributed by atoms with E-state index in [4.69, 9.17) is 46.4 Å². The summed E-state index contributed by atoms with van der Waals surface area (Å²) < 4.78 is 0. The van der Waals surface area contributed by atoms with Crippen molar-refractivity contribution in [2.75, 3.05) is 0 Å². The van der Waals surface area contributed by atoms with Gasteiger partial charge < -0.3 is 0 Å². The Labute approximate surface area is 123 Å². The van der Waals surface area contributed by atoms with Crippen LogP contribution in [-0.4, -0.2) is 11.3 Å². The molecule has 18 heavy (non-hydrogen) atoms. The molecule has 0 atom stereocenters. The molecule has 2 rings (SSSR count). The molecule has 0 fully saturated rings. The third-order valence-electron chi connectivity index (χ3n) is 2.35. The quantitative estimate of drug-likeness (QED) is 0.564. The molecule has 0 aliphatic heterocycles. The largest absolute Gasteiger partial charge is 0.298 e. The molecule has 0 aliphatic carbocycles. The smallest absolute Gasteiger partial charge is 0.152 e. The minimum absolute atomic E-state index is 0.268. The Kier molecular flexibility index (Phi) is 4.13. The van der Waals surface area contributed by atoms with Crippen molar-refractivity contribution in [1.82, 2.24) is 4.98 Å². The zero-order valence-corrected chi connectivity index (χ0v) is 11.8. The third kappa shape index (κ3) is 2.47. The first-order chi connectivity index (χ1) is 8.54. The summed E-state index contributed by atoms with van der Waals surface area (Å²) >= 11 is 23.7. The highest BCUT2D eigenvalue weighted by molar-refractivity contribution is 6.48. The zero-order valence-electron chi connectivity index (χ0n) is 8.75. The number of pyridine rings is 1. The summed E-state index contributed by atoms with van der Waals surface area (Å²) in [5.41, 5.74) is 1.52. The second-order valence-electron chi connectivity index (χ2n) is 3.45. The summed E-state index contributed by atoms with van der Waals surface area (Å²) in [7, 11) is 0. The van der Waals surface area contributed by atoms with Crippen LogP contribution in [0.5, 0.6) is 0 Å². The number of hydrogen-bond acceptors (Lipinski definition) is 2. The lowest BCUT2D eigenvalue weighted by atomic mass is 10.0. The highest BCUT2D eigenvalue weighted by Crippen LogP contribution is 2.36. The van der Waals surface area contributed by atoms with Crippen LogP contribution in [0.4, 0.5) is 0 Å². The fourth-order valence-corrected chi connectivity index (χ4v) is 2.30. The Morgan fingerprint density at radius 3 is 2.11 bits per heavy atom. The van der Waals surface area contributed by atoms with Gasteiger partial charge in [0.05, 0.1) is 20.1 Å². The molecule has 0 saturated carbocycles. The van der Waals surface area contributed by atoms with Crippen molar-refractivity contribution >= 4 is 52.7 Å². The number of hydrogen-bond donors (Lipinski definition) is 0. The maximum Gasteiger partial charge on any atom is 0.152 e. The predicted octanol–water partition coefficient (Wildman–Crippen LogP) is 5.17. The molecule has 0 radical (unpaired) electrons. The van der Waals surface area contributed by atoms with Crippen LogP contribution in [0.25, 0.3) is 11.1 Å². The van der Waals surface area contributed by atoms with Crippen LogP contribution in [0.3, 0.4) is 0 Å². The molecule has 0 spiro atoms. The van der Waals surface area contributed by atoms with Gasteiger partial charge in [0.2, 0.25) is 0 Å². The van der Waals surface area contributed by atoms with E-state index < -0.39 is 0 Å². The van der Waals surface area contributed by atoms with Crippen molar-refractivity contribution in [3.8, 4) is 11.1 Å². The van der Waals surface area contributed by atoms with Gasteiger partial charge in [-0.05, 0) is 17.7 Å². The van der Waals surface area contributed by atoms with Crippen molar-refractivity contribution in [2.45, 2.75) is 0 Å². The Balaban J connectivity index is 2.70. The van der Waals surface area contributed by atoms with Crippen LogP contribution in [-0.2, 0) is 0 Å². The van der Waals surface area contributed by atoms with Crippen LogP contribution in [0.1, 0.15) is 10.4 Å². The average molecular weight is 321 g/mol. The van der Waals surface area contributed by atoms with Gasteiger partial charge in [-0.15, -0.1) is 0 Å². The molecule has 0 saturated heterocycles. The molecular weight excluding hydrogens is 316 g/mol. The first-order valence-corrected chi connectivity index (χ1v) is 6.29. The van der Waals surface area contributed by atoms with Crippen molar-refractivity contribution in [1.29, 1.82) is 0 Å². The summed E-state index contributed by atoms with van der Waals surface area (Å²) in [5.74, 6) is 0. The molecule has 92 valence electrons. The Bertz CT molecular complexity index is 604. The first-order valence-electron chi connectivity index (χ1n) is 4.78. The van der Waals surface area contributed by atoms with E-state index in [9.17, 15) is 4.79 Å². The molecule has 0 amide bonds. The number of aldehydes is 1. The number of aromatic nitrogens is 1. The van der Waals surface area contributed by atoms with Gasteiger partial charge in [0.1, 0.15) is 0 Å². The topological polar surface area (TPSA) is 30.0 Å². The number of benzene rings is 1. The molecule has 0 bridgehead atoms. The maximum atomic E-state index is 11.1. The van der Waals surface area contributed by atoms with E-state index in [0.717, 1.165) is 0 Å². The van der Waals surface area contributed by atoms with Crippen LogP contribution < -0.4 is 0 Å². The number of nitrogens with zero attached hydrogens (tertiary/aromatic N) is 1. The van der Waals surface area contributed by atoms with Crippen molar-refractivity contribution in [3.63, 3.8) is 0 Å². The minimum Gasteiger partial charge on any atom is -0.298 e. The van der Waals surface area contributed by atoms with Crippen LogP contribution >= 0.6 is 46.4 Å². The van der Waals surface area contributed by atoms with Gasteiger partial charge in [-0.25, -0.2) is 0 Å². The van der Waals surface area contributed by atoms with Gasteiger partial charge in [0.15, 0.2) is 6.29 Å². The van der Waals surface area contributed by atoms with E-state index >= 15 is 0 Å². The second kappa shape index (κ2) is 5.45. The molecule has 1 aromatic carbocycles. The van der Waals surface area contributed by atoms with Gasteiger partial charge in [-0.1, -0.05) is 46.4 Å². The second-order valence-corrected chi connectivity index (χ2v) is 5.05. The normalized spacial score (nSPS) is 10.4. The number of carbonyl (C=O) groups is 1. The predicted molar refractivity (Wildman–Crippen MR) is 75.1 cm³/mol. The highest BCUT2D eigenvalue weighted by Gasteiger charge is 2.12. The lowest BCUT2D eigenvalue weighted by Gasteiger charge is -2.08. The molecule has 6 heteroatoms. The van der Waals surface area contributed by atoms with E-state index in [-0.39, 0.29) is 10.0 Å². The number of halogens is 4. The van der Waals surface area contributed by atoms with E-state index in [1.165, 1.54) is 12.4 Å². The molecule has 1 heterocycles. The molecule has 0 aliphatic rings. The summed E-state index contributed by atoms with van der Waals surface area (Å²) in [6, 6.07) is 3.21. The standard InChI is InChI=1S/C12H5Cl4NO/c13-9-1-6(2-10(14)12(9)16)7-3-17-4-11(15)8(7)5-18/h1-5H. The van der Waals surface area contributed by atoms with E-state index in [1.807, 2.05) is 0 Å². The summed E-state index contributed by atoms with van der Waals surface area (Å²) in [6.07, 6.45) is 3.58. The summed E-state index contributed by atoms with van der Waals surface area (Å²) in [4.78, 5) is 15.0. The Morgan fingerprint density at radius 1 is 0.944 bits per heavy atom. The van der Waals surface area contributed by atoms with Gasteiger partial charge in [-0.3, -0.25) is 9.78 Å². The van der Waals surface area contributed by atoms with Crippen molar-refractivity contribution in [2.24, 2.45) is 0 Å². The number of carbonyl (C=O) groups excluding carboxylic acids is 1. The van der Waals surface area contributed by atoms with Crippen LogP contribution in [0.2, 0.25) is 20.1 Å². The molecule has 2 aromatic rings. The number of rotatable bonds is 2. The average Bonchev–Trinajstić information content (AvgIpc) is 2.35. The fraction of sp³-hybridized carbons (Fsp3) is 0. The minimum atomic E-state index is 0.268. The Hall–Kier alpha value is -0.800.